The summed E-state index contributed by atoms with van der Waals surface area (Å²) in [5, 5.41) is 2.95. The molecule has 6 nitrogen and oxygen atoms in total. The molecule has 24 heavy (non-hydrogen) atoms. The number of carbonyl (C=O) groups is 1. The molecule has 0 saturated heterocycles. The lowest BCUT2D eigenvalue weighted by molar-refractivity contribution is 0.0938. The Hall–Kier alpha value is -2.47. The van der Waals surface area contributed by atoms with Crippen molar-refractivity contribution >= 4 is 5.91 Å². The van der Waals surface area contributed by atoms with Gasteiger partial charge < -0.3 is 19.2 Å². The van der Waals surface area contributed by atoms with E-state index >= 15 is 0 Å². The van der Waals surface area contributed by atoms with Gasteiger partial charge in [-0.15, -0.1) is 0 Å². The largest absolute Gasteiger partial charge is 0.490 e. The molecule has 0 spiro atoms. The molecule has 0 bridgehead atoms. The Balaban J connectivity index is 1.67. The Bertz CT molecular complexity index is 682. The first-order valence-corrected chi connectivity index (χ1v) is 8.03. The van der Waals surface area contributed by atoms with Crippen molar-refractivity contribution in [2.24, 2.45) is 0 Å². The quantitative estimate of drug-likeness (QED) is 0.912. The van der Waals surface area contributed by atoms with Crippen LogP contribution in [-0.4, -0.2) is 44.7 Å². The summed E-state index contributed by atoms with van der Waals surface area (Å²) in [5.41, 5.74) is 0.552. The average molecular weight is 330 g/mol. The summed E-state index contributed by atoms with van der Waals surface area (Å²) < 4.78 is 16.7. The molecule has 1 aliphatic rings. The number of nitrogens with one attached hydrogen (secondary N) is 1. The van der Waals surface area contributed by atoms with Crippen LogP contribution in [0.2, 0.25) is 0 Å². The number of likely N-dealkylation sites (N-methyl/N-ethyl adjacent to an activating group) is 1. The fourth-order valence-electron chi connectivity index (χ4n) is 2.61. The van der Waals surface area contributed by atoms with Gasteiger partial charge in [-0.25, -0.2) is 0 Å². The number of nitrogens with zero attached hydrogens (tertiary/aromatic N) is 1. The highest BCUT2D eigenvalue weighted by Gasteiger charge is 2.19. The molecule has 1 atom stereocenters. The van der Waals surface area contributed by atoms with Gasteiger partial charge in [0.25, 0.3) is 5.91 Å². The van der Waals surface area contributed by atoms with Gasteiger partial charge in [0.1, 0.15) is 5.76 Å². The van der Waals surface area contributed by atoms with E-state index in [4.69, 9.17) is 13.9 Å². The van der Waals surface area contributed by atoms with Gasteiger partial charge in [-0.2, -0.15) is 0 Å². The van der Waals surface area contributed by atoms with Gasteiger partial charge in [-0.1, -0.05) is 0 Å². The van der Waals surface area contributed by atoms with E-state index in [1.807, 2.05) is 31.1 Å². The predicted molar refractivity (Wildman–Crippen MR) is 89.5 cm³/mol. The highest BCUT2D eigenvalue weighted by atomic mass is 16.5. The van der Waals surface area contributed by atoms with Crippen molar-refractivity contribution in [3.63, 3.8) is 0 Å². The van der Waals surface area contributed by atoms with Gasteiger partial charge in [0.15, 0.2) is 11.5 Å². The third-order valence-electron chi connectivity index (χ3n) is 3.96. The SMILES string of the molecule is CN(C)[C@H](CNC(=O)c1ccc2c(c1)OCCCO2)c1ccco1. The molecule has 1 N–H and O–H groups in total. The molecular weight excluding hydrogens is 308 g/mol. The lowest BCUT2D eigenvalue weighted by Crippen LogP contribution is -2.34. The van der Waals surface area contributed by atoms with Crippen LogP contribution in [0.5, 0.6) is 11.5 Å². The molecule has 1 aliphatic heterocycles. The number of amides is 1. The zero-order chi connectivity index (χ0) is 16.9. The van der Waals surface area contributed by atoms with E-state index in [9.17, 15) is 4.79 Å². The van der Waals surface area contributed by atoms with Crippen LogP contribution in [0.15, 0.2) is 41.0 Å². The highest BCUT2D eigenvalue weighted by molar-refractivity contribution is 5.94. The number of benzene rings is 1. The van der Waals surface area contributed by atoms with Crippen molar-refractivity contribution in [3.8, 4) is 11.5 Å². The number of carbonyl (C=O) groups excluding carboxylic acids is 1. The van der Waals surface area contributed by atoms with E-state index < -0.39 is 0 Å². The molecule has 2 heterocycles. The van der Waals surface area contributed by atoms with E-state index in [1.165, 1.54) is 0 Å². The van der Waals surface area contributed by atoms with Gasteiger partial charge in [0.2, 0.25) is 0 Å². The Morgan fingerprint density at radius 2 is 2.00 bits per heavy atom. The summed E-state index contributed by atoms with van der Waals surface area (Å²) in [6, 6.07) is 8.99. The van der Waals surface area contributed by atoms with Crippen LogP contribution in [0.1, 0.15) is 28.6 Å². The molecule has 1 aromatic carbocycles. The molecule has 0 unspecified atom stereocenters. The predicted octanol–water partition coefficient (Wildman–Crippen LogP) is 2.47. The summed E-state index contributed by atoms with van der Waals surface area (Å²) in [5.74, 6) is 1.98. The normalized spacial score (nSPS) is 15.0. The molecule has 0 fully saturated rings. The first-order chi connectivity index (χ1) is 11.6. The maximum Gasteiger partial charge on any atom is 0.251 e. The second kappa shape index (κ2) is 7.40. The Labute approximate surface area is 141 Å². The second-order valence-corrected chi connectivity index (χ2v) is 5.92. The van der Waals surface area contributed by atoms with Crippen LogP contribution in [-0.2, 0) is 0 Å². The fraction of sp³-hybridized carbons (Fsp3) is 0.389. The van der Waals surface area contributed by atoms with Crippen LogP contribution in [0.25, 0.3) is 0 Å². The van der Waals surface area contributed by atoms with Crippen LogP contribution < -0.4 is 14.8 Å². The number of hydrogen-bond donors (Lipinski definition) is 1. The van der Waals surface area contributed by atoms with Crippen molar-refractivity contribution in [1.82, 2.24) is 10.2 Å². The Morgan fingerprint density at radius 1 is 1.21 bits per heavy atom. The van der Waals surface area contributed by atoms with E-state index in [1.54, 1.807) is 24.5 Å². The van der Waals surface area contributed by atoms with Crippen LogP contribution in [0, 0.1) is 0 Å². The third kappa shape index (κ3) is 3.71. The van der Waals surface area contributed by atoms with E-state index in [2.05, 4.69) is 5.32 Å². The molecule has 6 heteroatoms. The number of rotatable bonds is 5. The lowest BCUT2D eigenvalue weighted by atomic mass is 10.1. The Morgan fingerprint density at radius 3 is 2.71 bits per heavy atom. The maximum atomic E-state index is 12.5. The topological polar surface area (TPSA) is 63.9 Å². The molecule has 3 rings (SSSR count). The van der Waals surface area contributed by atoms with Crippen molar-refractivity contribution in [3.05, 3.63) is 47.9 Å². The molecule has 1 amide bonds. The molecule has 128 valence electrons. The smallest absolute Gasteiger partial charge is 0.251 e. The standard InChI is InChI=1S/C18H22N2O4/c1-20(2)14(15-5-3-8-22-15)12-19-18(21)13-6-7-16-17(11-13)24-10-4-9-23-16/h3,5-8,11,14H,4,9-10,12H2,1-2H3,(H,19,21)/t14-/m1/s1. The summed E-state index contributed by atoms with van der Waals surface area (Å²) >= 11 is 0. The zero-order valence-electron chi connectivity index (χ0n) is 14.0. The van der Waals surface area contributed by atoms with Gasteiger partial charge >= 0.3 is 0 Å². The van der Waals surface area contributed by atoms with Gasteiger partial charge in [-0.05, 0) is 44.4 Å². The first-order valence-electron chi connectivity index (χ1n) is 8.03. The molecule has 0 radical (unpaired) electrons. The van der Waals surface area contributed by atoms with Crippen molar-refractivity contribution in [1.29, 1.82) is 0 Å². The van der Waals surface area contributed by atoms with E-state index in [-0.39, 0.29) is 11.9 Å². The maximum absolute atomic E-state index is 12.5. The van der Waals surface area contributed by atoms with Gasteiger partial charge in [0, 0.05) is 18.5 Å². The van der Waals surface area contributed by atoms with Crippen LogP contribution >= 0.6 is 0 Å². The summed E-state index contributed by atoms with van der Waals surface area (Å²) in [6.07, 6.45) is 2.47. The molecule has 0 aliphatic carbocycles. The molecule has 1 aromatic heterocycles. The van der Waals surface area contributed by atoms with Crippen molar-refractivity contribution in [2.75, 3.05) is 33.9 Å². The molecular formula is C18H22N2O4. The minimum atomic E-state index is -0.149. The minimum absolute atomic E-state index is 0.0237. The van der Waals surface area contributed by atoms with Gasteiger partial charge in [-0.3, -0.25) is 9.69 Å². The van der Waals surface area contributed by atoms with Crippen LogP contribution in [0.3, 0.4) is 0 Å². The van der Waals surface area contributed by atoms with Crippen LogP contribution in [0.4, 0.5) is 0 Å². The average Bonchev–Trinajstić information content (AvgIpc) is 2.99. The summed E-state index contributed by atoms with van der Waals surface area (Å²) in [7, 11) is 3.90. The van der Waals surface area contributed by atoms with Gasteiger partial charge in [0.05, 0.1) is 25.5 Å². The van der Waals surface area contributed by atoms with E-state index in [0.717, 1.165) is 12.2 Å². The summed E-state index contributed by atoms with van der Waals surface area (Å²) in [4.78, 5) is 14.5. The number of ether oxygens (including phenoxy) is 2. The highest BCUT2D eigenvalue weighted by Crippen LogP contribution is 2.30. The number of fused-ring (bicyclic) bond motifs is 1. The number of hydrogen-bond acceptors (Lipinski definition) is 5. The van der Waals surface area contributed by atoms with Crippen molar-refractivity contribution in [2.45, 2.75) is 12.5 Å². The second-order valence-electron chi connectivity index (χ2n) is 5.92. The molecule has 2 aromatic rings. The number of furan rings is 1. The minimum Gasteiger partial charge on any atom is -0.490 e. The van der Waals surface area contributed by atoms with Crippen molar-refractivity contribution < 1.29 is 18.7 Å². The summed E-state index contributed by atoms with van der Waals surface area (Å²) in [6.45, 7) is 1.68. The lowest BCUT2D eigenvalue weighted by Gasteiger charge is -2.22. The first kappa shape index (κ1) is 16.4. The van der Waals surface area contributed by atoms with E-state index in [0.29, 0.717) is 36.8 Å². The fourth-order valence-corrected chi connectivity index (χ4v) is 2.61. The Kier molecular flexibility index (Phi) is 5.05. The zero-order valence-corrected chi connectivity index (χ0v) is 14.0. The third-order valence-corrected chi connectivity index (χ3v) is 3.96. The monoisotopic (exact) mass is 330 g/mol. The molecule has 0 saturated carbocycles.